The van der Waals surface area contributed by atoms with Crippen LogP contribution in [0.15, 0.2) is 12.1 Å². The molecule has 0 unspecified atom stereocenters. The molecule has 2 aliphatic rings. The Hall–Kier alpha value is -0.980. The second-order valence-corrected chi connectivity index (χ2v) is 3.92. The molecular weight excluding hydrogens is 170 g/mol. The summed E-state index contributed by atoms with van der Waals surface area (Å²) in [5, 5.41) is 0. The maximum Gasteiger partial charge on any atom is 0.0433 e. The molecule has 0 atom stereocenters. The van der Waals surface area contributed by atoms with Crippen LogP contribution in [-0.2, 0) is 12.8 Å². The van der Waals surface area contributed by atoms with Crippen molar-refractivity contribution in [2.75, 3.05) is 18.0 Å². The molecule has 1 nitrogen and oxygen atoms in total. The van der Waals surface area contributed by atoms with E-state index in [9.17, 15) is 0 Å². The molecule has 0 spiro atoms. The lowest BCUT2D eigenvalue weighted by Crippen LogP contribution is -2.17. The summed E-state index contributed by atoms with van der Waals surface area (Å²) in [5.74, 6) is 0. The Labute approximate surface area is 86.7 Å². The van der Waals surface area contributed by atoms with Crippen molar-refractivity contribution in [2.24, 2.45) is 0 Å². The largest absolute Gasteiger partial charge is 0.370 e. The minimum atomic E-state index is 1.26. The molecule has 0 radical (unpaired) electrons. The van der Waals surface area contributed by atoms with Gasteiger partial charge in [0, 0.05) is 18.8 Å². The van der Waals surface area contributed by atoms with Crippen LogP contribution in [0, 0.1) is 6.92 Å². The number of rotatable bonds is 0. The third-order valence-electron chi connectivity index (χ3n) is 3.03. The van der Waals surface area contributed by atoms with E-state index in [0.717, 1.165) is 0 Å². The molecular formula is C13H19N. The second kappa shape index (κ2) is 3.64. The van der Waals surface area contributed by atoms with Gasteiger partial charge in [0.15, 0.2) is 0 Å². The first-order chi connectivity index (χ1) is 6.84. The molecule has 2 heterocycles. The van der Waals surface area contributed by atoms with E-state index in [1.165, 1.54) is 31.5 Å². The first kappa shape index (κ1) is 9.57. The molecule has 1 aromatic carbocycles. The van der Waals surface area contributed by atoms with Crippen LogP contribution in [-0.4, -0.2) is 13.1 Å². The molecule has 1 aromatic rings. The quantitative estimate of drug-likeness (QED) is 0.606. The van der Waals surface area contributed by atoms with Crippen LogP contribution < -0.4 is 4.90 Å². The topological polar surface area (TPSA) is 3.24 Å². The fourth-order valence-electron chi connectivity index (χ4n) is 2.57. The van der Waals surface area contributed by atoms with Gasteiger partial charge < -0.3 is 4.90 Å². The van der Waals surface area contributed by atoms with Gasteiger partial charge in [-0.3, -0.25) is 0 Å². The molecule has 0 saturated heterocycles. The molecule has 1 heteroatoms. The summed E-state index contributed by atoms with van der Waals surface area (Å²) >= 11 is 0. The zero-order chi connectivity index (χ0) is 10.1. The Morgan fingerprint density at radius 3 is 2.00 bits per heavy atom. The van der Waals surface area contributed by atoms with E-state index in [0.29, 0.717) is 0 Å². The summed E-state index contributed by atoms with van der Waals surface area (Å²) in [6.07, 6.45) is 2.54. The van der Waals surface area contributed by atoms with E-state index in [1.54, 1.807) is 16.8 Å². The van der Waals surface area contributed by atoms with E-state index in [-0.39, 0.29) is 0 Å². The molecule has 0 aliphatic carbocycles. The zero-order valence-corrected chi connectivity index (χ0v) is 9.43. The van der Waals surface area contributed by atoms with Crippen LogP contribution in [0.5, 0.6) is 0 Å². The third-order valence-corrected chi connectivity index (χ3v) is 3.03. The second-order valence-electron chi connectivity index (χ2n) is 3.92. The fraction of sp³-hybridized carbons (Fsp3) is 0.538. The first-order valence-electron chi connectivity index (χ1n) is 5.72. The normalized spacial score (nSPS) is 16.4. The molecule has 76 valence electrons. The van der Waals surface area contributed by atoms with E-state index < -0.39 is 0 Å². The van der Waals surface area contributed by atoms with Crippen molar-refractivity contribution in [1.82, 2.24) is 0 Å². The number of aryl methyl sites for hydroxylation is 1. The van der Waals surface area contributed by atoms with Gasteiger partial charge >= 0.3 is 0 Å². The molecule has 0 fully saturated rings. The van der Waals surface area contributed by atoms with Gasteiger partial charge in [-0.25, -0.2) is 0 Å². The van der Waals surface area contributed by atoms with E-state index >= 15 is 0 Å². The molecule has 2 aliphatic heterocycles. The van der Waals surface area contributed by atoms with Gasteiger partial charge in [-0.15, -0.1) is 0 Å². The van der Waals surface area contributed by atoms with Crippen LogP contribution in [0.1, 0.15) is 30.5 Å². The predicted octanol–water partition coefficient (Wildman–Crippen LogP) is 2.94. The number of benzene rings is 1. The molecule has 0 N–H and O–H groups in total. The summed E-state index contributed by atoms with van der Waals surface area (Å²) in [4.78, 5) is 2.53. The maximum absolute atomic E-state index is 2.53. The Morgan fingerprint density at radius 1 is 1.00 bits per heavy atom. The first-order valence-corrected chi connectivity index (χ1v) is 5.72. The van der Waals surface area contributed by atoms with Crippen molar-refractivity contribution < 1.29 is 0 Å². The summed E-state index contributed by atoms with van der Waals surface area (Å²) < 4.78 is 0. The van der Waals surface area contributed by atoms with Crippen molar-refractivity contribution in [1.29, 1.82) is 0 Å². The average molecular weight is 189 g/mol. The van der Waals surface area contributed by atoms with Crippen molar-refractivity contribution in [3.8, 4) is 0 Å². The Kier molecular flexibility index (Phi) is 2.49. The minimum Gasteiger partial charge on any atom is -0.370 e. The maximum atomic E-state index is 2.53. The fourth-order valence-corrected chi connectivity index (χ4v) is 2.57. The van der Waals surface area contributed by atoms with Crippen molar-refractivity contribution in [3.63, 3.8) is 0 Å². The highest BCUT2D eigenvalue weighted by molar-refractivity contribution is 5.67. The Bertz CT molecular complexity index is 312. The van der Waals surface area contributed by atoms with Gasteiger partial charge in [0.1, 0.15) is 0 Å². The third kappa shape index (κ3) is 1.31. The monoisotopic (exact) mass is 189 g/mol. The zero-order valence-electron chi connectivity index (χ0n) is 9.43. The van der Waals surface area contributed by atoms with E-state index in [4.69, 9.17) is 0 Å². The number of hydrogen-bond donors (Lipinski definition) is 0. The number of nitrogens with zero attached hydrogens (tertiary/aromatic N) is 1. The van der Waals surface area contributed by atoms with Crippen molar-refractivity contribution >= 4 is 5.69 Å². The summed E-state index contributed by atoms with van der Waals surface area (Å²) in [7, 11) is 0. The van der Waals surface area contributed by atoms with Crippen LogP contribution in [0.3, 0.4) is 0 Å². The Balaban J connectivity index is 0.000000354. The van der Waals surface area contributed by atoms with Crippen molar-refractivity contribution in [2.45, 2.75) is 33.6 Å². The predicted molar refractivity (Wildman–Crippen MR) is 62.1 cm³/mol. The van der Waals surface area contributed by atoms with Gasteiger partial charge in [-0.1, -0.05) is 31.5 Å². The summed E-state index contributed by atoms with van der Waals surface area (Å²) in [6.45, 7) is 8.72. The highest BCUT2D eigenvalue weighted by Crippen LogP contribution is 2.37. The van der Waals surface area contributed by atoms with Gasteiger partial charge in [0.2, 0.25) is 0 Å². The lowest BCUT2D eigenvalue weighted by molar-refractivity contribution is 0.855. The lowest BCUT2D eigenvalue weighted by Gasteiger charge is -2.10. The van der Waals surface area contributed by atoms with Gasteiger partial charge in [-0.2, -0.15) is 0 Å². The highest BCUT2D eigenvalue weighted by atomic mass is 15.2. The standard InChI is InChI=1S/C11H13N.C2H6/c1-8-6-9-2-4-12-5-3-10(7-8)11(9)12;1-2/h6-7H,2-5H2,1H3;1-2H3. The Morgan fingerprint density at radius 2 is 1.50 bits per heavy atom. The molecule has 0 amide bonds. The number of hydrogen-bond acceptors (Lipinski definition) is 1. The summed E-state index contributed by atoms with van der Waals surface area (Å²) in [5.41, 5.74) is 6.18. The van der Waals surface area contributed by atoms with Crippen LogP contribution in [0.2, 0.25) is 0 Å². The molecule has 0 aromatic heterocycles. The molecule has 3 rings (SSSR count). The molecule has 0 bridgehead atoms. The smallest absolute Gasteiger partial charge is 0.0433 e. The van der Waals surface area contributed by atoms with E-state index in [2.05, 4.69) is 24.0 Å². The SMILES string of the molecule is CC.Cc1cc2c3c(c1)CCN3CC2. The minimum absolute atomic E-state index is 1.26. The van der Waals surface area contributed by atoms with Crippen LogP contribution >= 0.6 is 0 Å². The van der Waals surface area contributed by atoms with E-state index in [1.807, 2.05) is 13.8 Å². The average Bonchev–Trinajstić information content (AvgIpc) is 2.77. The summed E-state index contributed by atoms with van der Waals surface area (Å²) in [6, 6.07) is 4.70. The highest BCUT2D eigenvalue weighted by Gasteiger charge is 2.26. The van der Waals surface area contributed by atoms with Crippen LogP contribution in [0.25, 0.3) is 0 Å². The lowest BCUT2D eigenvalue weighted by atomic mass is 10.0. The van der Waals surface area contributed by atoms with Crippen molar-refractivity contribution in [3.05, 3.63) is 28.8 Å². The molecule has 0 saturated carbocycles. The van der Waals surface area contributed by atoms with Gasteiger partial charge in [0.25, 0.3) is 0 Å². The number of anilines is 1. The van der Waals surface area contributed by atoms with Gasteiger partial charge in [-0.05, 0) is 30.9 Å². The van der Waals surface area contributed by atoms with Gasteiger partial charge in [0.05, 0.1) is 0 Å². The van der Waals surface area contributed by atoms with Crippen LogP contribution in [0.4, 0.5) is 5.69 Å². The molecule has 14 heavy (non-hydrogen) atoms.